The van der Waals surface area contributed by atoms with Gasteiger partial charge in [-0.25, -0.2) is 0 Å². The van der Waals surface area contributed by atoms with Crippen LogP contribution in [-0.2, 0) is 0 Å². The van der Waals surface area contributed by atoms with Crippen molar-refractivity contribution in [3.63, 3.8) is 0 Å². The van der Waals surface area contributed by atoms with Gasteiger partial charge in [-0.2, -0.15) is 11.8 Å². The van der Waals surface area contributed by atoms with Gasteiger partial charge in [0.1, 0.15) is 0 Å². The van der Waals surface area contributed by atoms with Gasteiger partial charge in [-0.15, -0.1) is 0 Å². The van der Waals surface area contributed by atoms with E-state index in [1.54, 1.807) is 0 Å². The summed E-state index contributed by atoms with van der Waals surface area (Å²) in [4.78, 5) is 0. The van der Waals surface area contributed by atoms with Crippen LogP contribution in [-0.4, -0.2) is 24.1 Å². The lowest BCUT2D eigenvalue weighted by atomic mass is 9.88. The van der Waals surface area contributed by atoms with Crippen molar-refractivity contribution in [3.05, 3.63) is 0 Å². The van der Waals surface area contributed by atoms with Crippen LogP contribution >= 0.6 is 11.8 Å². The highest BCUT2D eigenvalue weighted by molar-refractivity contribution is 7.99. The van der Waals surface area contributed by atoms with Gasteiger partial charge < -0.3 is 5.32 Å². The maximum atomic E-state index is 3.40. The fraction of sp³-hybridized carbons (Fsp3) is 1.00. The first-order chi connectivity index (χ1) is 5.91. The zero-order valence-corrected chi connectivity index (χ0v) is 10.8. The van der Waals surface area contributed by atoms with E-state index in [1.165, 1.54) is 12.2 Å². The number of hydrogen-bond donors (Lipinski definition) is 1. The van der Waals surface area contributed by atoms with Gasteiger partial charge in [0, 0.05) is 17.0 Å². The molecule has 0 radical (unpaired) electrons. The van der Waals surface area contributed by atoms with Crippen LogP contribution in [0.2, 0.25) is 0 Å². The summed E-state index contributed by atoms with van der Waals surface area (Å²) in [6.45, 7) is 11.4. The average molecular weight is 203 g/mol. The third-order valence-corrected chi connectivity index (χ3v) is 3.94. The van der Waals surface area contributed by atoms with Gasteiger partial charge in [0.25, 0.3) is 0 Å². The predicted octanol–water partition coefficient (Wildman–Crippen LogP) is 3.15. The molecule has 1 N–H and O–H groups in total. The molecule has 1 nitrogen and oxygen atoms in total. The normalized spacial score (nSPS) is 17.1. The molecule has 0 aliphatic carbocycles. The van der Waals surface area contributed by atoms with Crippen LogP contribution in [0, 0.1) is 5.41 Å². The Labute approximate surface area is 88.1 Å². The molecule has 2 atom stereocenters. The number of thioether (sulfide) groups is 1. The van der Waals surface area contributed by atoms with Gasteiger partial charge in [0.15, 0.2) is 0 Å². The number of nitrogens with one attached hydrogen (secondary N) is 1. The van der Waals surface area contributed by atoms with Gasteiger partial charge >= 0.3 is 0 Å². The van der Waals surface area contributed by atoms with Crippen LogP contribution in [0.4, 0.5) is 0 Å². The summed E-state index contributed by atoms with van der Waals surface area (Å²) in [5.74, 6) is 1.22. The molecule has 0 bridgehead atoms. The first kappa shape index (κ1) is 13.3. The first-order valence-corrected chi connectivity index (χ1v) is 6.25. The Morgan fingerprint density at radius 1 is 1.31 bits per heavy atom. The van der Waals surface area contributed by atoms with Crippen LogP contribution in [0.25, 0.3) is 0 Å². The fourth-order valence-corrected chi connectivity index (χ4v) is 2.57. The Morgan fingerprint density at radius 3 is 2.15 bits per heavy atom. The average Bonchev–Trinajstić information content (AvgIpc) is 2.02. The highest BCUT2D eigenvalue weighted by Crippen LogP contribution is 2.24. The molecular formula is C11H25NS. The highest BCUT2D eigenvalue weighted by atomic mass is 32.2. The third kappa shape index (κ3) is 5.58. The van der Waals surface area contributed by atoms with Gasteiger partial charge in [-0.1, -0.05) is 34.6 Å². The van der Waals surface area contributed by atoms with Crippen LogP contribution in [0.5, 0.6) is 0 Å². The molecule has 0 aromatic carbocycles. The van der Waals surface area contributed by atoms with Gasteiger partial charge in [0.2, 0.25) is 0 Å². The SMILES string of the molecule is CCC(C)SCC(NC)C(C)(C)C. The van der Waals surface area contributed by atoms with E-state index in [9.17, 15) is 0 Å². The molecule has 0 heterocycles. The van der Waals surface area contributed by atoms with Gasteiger partial charge in [0.05, 0.1) is 0 Å². The van der Waals surface area contributed by atoms with Crippen molar-refractivity contribution in [2.45, 2.75) is 52.3 Å². The lowest BCUT2D eigenvalue weighted by molar-refractivity contribution is 0.305. The van der Waals surface area contributed by atoms with Crippen LogP contribution in [0.15, 0.2) is 0 Å². The lowest BCUT2D eigenvalue weighted by Gasteiger charge is -2.30. The second-order valence-electron chi connectivity index (χ2n) is 4.76. The Balaban J connectivity index is 3.86. The summed E-state index contributed by atoms with van der Waals surface area (Å²) in [5, 5.41) is 4.19. The second kappa shape index (κ2) is 5.92. The molecule has 0 aliphatic heterocycles. The molecule has 0 aliphatic rings. The molecule has 0 amide bonds. The van der Waals surface area contributed by atoms with Crippen molar-refractivity contribution >= 4 is 11.8 Å². The summed E-state index contributed by atoms with van der Waals surface area (Å²) in [6.07, 6.45) is 1.27. The molecule has 0 fully saturated rings. The summed E-state index contributed by atoms with van der Waals surface area (Å²) in [5.41, 5.74) is 0.370. The van der Waals surface area contributed by atoms with E-state index in [0.29, 0.717) is 11.5 Å². The van der Waals surface area contributed by atoms with Crippen molar-refractivity contribution < 1.29 is 0 Å². The molecule has 0 aromatic heterocycles. The zero-order chi connectivity index (χ0) is 10.5. The molecular weight excluding hydrogens is 178 g/mol. The van der Waals surface area contributed by atoms with Crippen molar-refractivity contribution in [3.8, 4) is 0 Å². The predicted molar refractivity (Wildman–Crippen MR) is 64.5 cm³/mol. The molecule has 13 heavy (non-hydrogen) atoms. The summed E-state index contributed by atoms with van der Waals surface area (Å²) >= 11 is 2.07. The summed E-state index contributed by atoms with van der Waals surface area (Å²) in [6, 6.07) is 0.617. The second-order valence-corrected chi connectivity index (χ2v) is 6.23. The zero-order valence-electron chi connectivity index (χ0n) is 9.98. The topological polar surface area (TPSA) is 12.0 Å². The summed E-state index contributed by atoms with van der Waals surface area (Å²) < 4.78 is 0. The minimum atomic E-state index is 0.370. The van der Waals surface area contributed by atoms with Crippen LogP contribution in [0.3, 0.4) is 0 Å². The fourth-order valence-electron chi connectivity index (χ4n) is 1.14. The van der Waals surface area contributed by atoms with Crippen molar-refractivity contribution in [1.29, 1.82) is 0 Å². The monoisotopic (exact) mass is 203 g/mol. The van der Waals surface area contributed by atoms with Crippen LogP contribution < -0.4 is 5.32 Å². The van der Waals surface area contributed by atoms with Crippen molar-refractivity contribution in [2.24, 2.45) is 5.41 Å². The highest BCUT2D eigenvalue weighted by Gasteiger charge is 2.23. The quantitative estimate of drug-likeness (QED) is 0.736. The largest absolute Gasteiger partial charge is 0.316 e. The molecule has 0 saturated carbocycles. The van der Waals surface area contributed by atoms with Gasteiger partial charge in [-0.3, -0.25) is 0 Å². The molecule has 0 saturated heterocycles. The Hall–Kier alpha value is 0.310. The Bertz CT molecular complexity index is 129. The summed E-state index contributed by atoms with van der Waals surface area (Å²) in [7, 11) is 2.06. The van der Waals surface area contributed by atoms with Crippen LogP contribution in [0.1, 0.15) is 41.0 Å². The maximum Gasteiger partial charge on any atom is 0.0203 e. The van der Waals surface area contributed by atoms with E-state index < -0.39 is 0 Å². The first-order valence-electron chi connectivity index (χ1n) is 5.20. The van der Waals surface area contributed by atoms with Crippen molar-refractivity contribution in [2.75, 3.05) is 12.8 Å². The lowest BCUT2D eigenvalue weighted by Crippen LogP contribution is -2.40. The standard InChI is InChI=1S/C11H25NS/c1-7-9(2)13-8-10(12-6)11(3,4)5/h9-10,12H,7-8H2,1-6H3. The molecule has 2 unspecified atom stereocenters. The van der Waals surface area contributed by atoms with E-state index in [4.69, 9.17) is 0 Å². The van der Waals surface area contributed by atoms with E-state index in [2.05, 4.69) is 58.7 Å². The molecule has 0 aromatic rings. The van der Waals surface area contributed by atoms with E-state index >= 15 is 0 Å². The molecule has 2 heteroatoms. The van der Waals surface area contributed by atoms with Gasteiger partial charge in [-0.05, 0) is 18.9 Å². The molecule has 0 spiro atoms. The van der Waals surface area contributed by atoms with E-state index in [0.717, 1.165) is 5.25 Å². The van der Waals surface area contributed by atoms with E-state index in [-0.39, 0.29) is 0 Å². The van der Waals surface area contributed by atoms with E-state index in [1.807, 2.05) is 0 Å². The Morgan fingerprint density at radius 2 is 1.85 bits per heavy atom. The minimum Gasteiger partial charge on any atom is -0.316 e. The molecule has 80 valence electrons. The third-order valence-electron chi connectivity index (χ3n) is 2.52. The minimum absolute atomic E-state index is 0.370. The smallest absolute Gasteiger partial charge is 0.0203 e. The van der Waals surface area contributed by atoms with Crippen molar-refractivity contribution in [1.82, 2.24) is 5.32 Å². The number of hydrogen-bond acceptors (Lipinski definition) is 2. The Kier molecular flexibility index (Phi) is 6.06. The molecule has 0 rings (SSSR count). The number of rotatable bonds is 5. The maximum absolute atomic E-state index is 3.40.